The van der Waals surface area contributed by atoms with Crippen LogP contribution in [0.1, 0.15) is 16.9 Å². The number of amides is 2. The molecular formula is C22H22BrN3O4. The second kappa shape index (κ2) is 11.2. The van der Waals surface area contributed by atoms with Crippen LogP contribution in [0, 0.1) is 0 Å². The number of fused-ring (bicyclic) bond motifs is 1. The maximum Gasteiger partial charge on any atom is 0.409 e. The Morgan fingerprint density at radius 1 is 1.03 bits per heavy atom. The predicted molar refractivity (Wildman–Crippen MR) is 118 cm³/mol. The van der Waals surface area contributed by atoms with Gasteiger partial charge in [0, 0.05) is 18.1 Å². The van der Waals surface area contributed by atoms with Crippen molar-refractivity contribution in [1.29, 1.82) is 0 Å². The molecular weight excluding hydrogens is 450 g/mol. The molecule has 0 radical (unpaired) electrons. The molecule has 0 aliphatic rings. The van der Waals surface area contributed by atoms with Gasteiger partial charge in [0.2, 0.25) is 0 Å². The van der Waals surface area contributed by atoms with E-state index in [1.54, 1.807) is 18.2 Å². The van der Waals surface area contributed by atoms with E-state index in [2.05, 4.69) is 31.5 Å². The molecule has 1 heterocycles. The number of nitrogens with zero attached hydrogens (tertiary/aromatic N) is 1. The molecule has 2 aromatic carbocycles. The zero-order valence-corrected chi connectivity index (χ0v) is 17.8. The number of hydrogen-bond acceptors (Lipinski definition) is 5. The van der Waals surface area contributed by atoms with Crippen molar-refractivity contribution >= 4 is 38.7 Å². The van der Waals surface area contributed by atoms with Crippen molar-refractivity contribution in [3.8, 4) is 5.75 Å². The third kappa shape index (κ3) is 6.18. The highest BCUT2D eigenvalue weighted by Gasteiger charge is 2.17. The monoisotopic (exact) mass is 471 g/mol. The number of alkyl halides is 1. The van der Waals surface area contributed by atoms with Gasteiger partial charge in [-0.1, -0.05) is 58.4 Å². The van der Waals surface area contributed by atoms with Gasteiger partial charge in [-0.15, -0.1) is 0 Å². The summed E-state index contributed by atoms with van der Waals surface area (Å²) in [7, 11) is 0. The lowest BCUT2D eigenvalue weighted by molar-refractivity contribution is 0.0705. The van der Waals surface area contributed by atoms with Crippen molar-refractivity contribution in [1.82, 2.24) is 15.6 Å². The SMILES string of the molecule is O=C(NCCCOc1cccc2ccccc12)OC(CBr)NC(=O)c1ccccn1. The Hall–Kier alpha value is -3.13. The molecule has 8 heteroatoms. The minimum absolute atomic E-state index is 0.248. The lowest BCUT2D eigenvalue weighted by atomic mass is 10.1. The summed E-state index contributed by atoms with van der Waals surface area (Å²) in [5.41, 5.74) is 0.248. The van der Waals surface area contributed by atoms with E-state index in [-0.39, 0.29) is 11.0 Å². The van der Waals surface area contributed by atoms with E-state index in [9.17, 15) is 9.59 Å². The number of alkyl carbamates (subject to hydrolysis) is 1. The number of ether oxygens (including phenoxy) is 2. The molecule has 0 fully saturated rings. The maximum absolute atomic E-state index is 12.1. The largest absolute Gasteiger partial charge is 0.493 e. The van der Waals surface area contributed by atoms with Gasteiger partial charge in [0.1, 0.15) is 11.4 Å². The minimum atomic E-state index is -0.813. The second-order valence-corrected chi connectivity index (χ2v) is 6.99. The Balaban J connectivity index is 1.38. The molecule has 3 rings (SSSR count). The average molecular weight is 472 g/mol. The van der Waals surface area contributed by atoms with Crippen LogP contribution in [0.4, 0.5) is 4.79 Å². The van der Waals surface area contributed by atoms with Gasteiger partial charge in [0.15, 0.2) is 6.23 Å². The standard InChI is InChI=1S/C22H22BrN3O4/c23-15-20(26-21(27)18-10-3-4-12-24-18)30-22(28)25-13-6-14-29-19-11-5-8-16-7-1-2-9-17(16)19/h1-5,7-12,20H,6,13-15H2,(H,25,28)(H,26,27). The summed E-state index contributed by atoms with van der Waals surface area (Å²) in [6.07, 6.45) is 0.696. The molecule has 30 heavy (non-hydrogen) atoms. The third-order valence-corrected chi connectivity index (χ3v) is 4.76. The number of hydrogen-bond donors (Lipinski definition) is 2. The summed E-state index contributed by atoms with van der Waals surface area (Å²) in [4.78, 5) is 28.0. The van der Waals surface area contributed by atoms with Crippen molar-refractivity contribution in [2.45, 2.75) is 12.6 Å². The molecule has 0 aliphatic heterocycles. The Labute approximate surface area is 182 Å². The molecule has 0 aliphatic carbocycles. The van der Waals surface area contributed by atoms with Gasteiger partial charge in [-0.2, -0.15) is 0 Å². The zero-order valence-electron chi connectivity index (χ0n) is 16.2. The summed E-state index contributed by atoms with van der Waals surface area (Å²) in [6.45, 7) is 0.833. The number of nitrogens with one attached hydrogen (secondary N) is 2. The average Bonchev–Trinajstić information content (AvgIpc) is 2.79. The van der Waals surface area contributed by atoms with Crippen LogP contribution in [-0.2, 0) is 4.74 Å². The van der Waals surface area contributed by atoms with E-state index in [4.69, 9.17) is 9.47 Å². The molecule has 0 saturated carbocycles. The van der Waals surface area contributed by atoms with Gasteiger partial charge in [0.25, 0.3) is 5.91 Å². The molecule has 1 aromatic heterocycles. The van der Waals surface area contributed by atoms with Gasteiger partial charge in [-0.05, 0) is 30.0 Å². The lowest BCUT2D eigenvalue weighted by Crippen LogP contribution is -2.42. The Morgan fingerprint density at radius 2 is 1.83 bits per heavy atom. The van der Waals surface area contributed by atoms with Gasteiger partial charge < -0.3 is 20.1 Å². The van der Waals surface area contributed by atoms with Crippen LogP contribution in [0.5, 0.6) is 5.75 Å². The first-order chi connectivity index (χ1) is 14.7. The number of carbonyl (C=O) groups is 2. The minimum Gasteiger partial charge on any atom is -0.493 e. The number of benzene rings is 2. The van der Waals surface area contributed by atoms with E-state index in [1.807, 2.05) is 42.5 Å². The fraction of sp³-hybridized carbons (Fsp3) is 0.227. The van der Waals surface area contributed by atoms with E-state index >= 15 is 0 Å². The van der Waals surface area contributed by atoms with Crippen LogP contribution in [-0.4, -0.2) is 41.7 Å². The molecule has 0 saturated heterocycles. The fourth-order valence-corrected chi connectivity index (χ4v) is 3.05. The predicted octanol–water partition coefficient (Wildman–Crippen LogP) is 3.88. The van der Waals surface area contributed by atoms with E-state index in [0.29, 0.717) is 19.6 Å². The molecule has 3 aromatic rings. The lowest BCUT2D eigenvalue weighted by Gasteiger charge is -2.17. The summed E-state index contributed by atoms with van der Waals surface area (Å²) in [5.74, 6) is 0.392. The van der Waals surface area contributed by atoms with Crippen molar-refractivity contribution in [3.63, 3.8) is 0 Å². The number of pyridine rings is 1. The number of aromatic nitrogens is 1. The number of carbonyl (C=O) groups excluding carboxylic acids is 2. The van der Waals surface area contributed by atoms with E-state index in [0.717, 1.165) is 16.5 Å². The molecule has 0 spiro atoms. The molecule has 2 amide bonds. The molecule has 156 valence electrons. The molecule has 7 nitrogen and oxygen atoms in total. The second-order valence-electron chi connectivity index (χ2n) is 6.34. The fourth-order valence-electron chi connectivity index (χ4n) is 2.75. The smallest absolute Gasteiger partial charge is 0.409 e. The van der Waals surface area contributed by atoms with E-state index in [1.165, 1.54) is 6.20 Å². The van der Waals surface area contributed by atoms with Gasteiger partial charge >= 0.3 is 6.09 Å². The molecule has 1 atom stereocenters. The summed E-state index contributed by atoms with van der Waals surface area (Å²) >= 11 is 3.22. The van der Waals surface area contributed by atoms with Crippen LogP contribution < -0.4 is 15.4 Å². The van der Waals surface area contributed by atoms with Gasteiger partial charge in [-0.25, -0.2) is 4.79 Å². The quantitative estimate of drug-likeness (QED) is 0.280. The van der Waals surface area contributed by atoms with Crippen LogP contribution in [0.25, 0.3) is 10.8 Å². The topological polar surface area (TPSA) is 89.5 Å². The Kier molecular flexibility index (Phi) is 8.02. The maximum atomic E-state index is 12.1. The van der Waals surface area contributed by atoms with Crippen molar-refractivity contribution in [2.75, 3.05) is 18.5 Å². The summed E-state index contributed by atoms with van der Waals surface area (Å²) < 4.78 is 11.1. The van der Waals surface area contributed by atoms with Crippen molar-refractivity contribution in [3.05, 3.63) is 72.6 Å². The zero-order chi connectivity index (χ0) is 21.2. The third-order valence-electron chi connectivity index (χ3n) is 4.18. The summed E-state index contributed by atoms with van der Waals surface area (Å²) in [6, 6.07) is 18.9. The highest BCUT2D eigenvalue weighted by Crippen LogP contribution is 2.25. The first-order valence-electron chi connectivity index (χ1n) is 9.50. The Morgan fingerprint density at radius 3 is 2.63 bits per heavy atom. The van der Waals surface area contributed by atoms with Gasteiger partial charge in [0.05, 0.1) is 11.9 Å². The van der Waals surface area contributed by atoms with Crippen LogP contribution in [0.15, 0.2) is 66.9 Å². The van der Waals surface area contributed by atoms with Crippen LogP contribution in [0.2, 0.25) is 0 Å². The normalized spacial score (nSPS) is 11.5. The number of halogens is 1. The Bertz CT molecular complexity index is 979. The van der Waals surface area contributed by atoms with Crippen molar-refractivity contribution < 1.29 is 19.1 Å². The van der Waals surface area contributed by atoms with Crippen LogP contribution in [0.3, 0.4) is 0 Å². The number of rotatable bonds is 9. The molecule has 1 unspecified atom stereocenters. The first kappa shape index (κ1) is 21.6. The van der Waals surface area contributed by atoms with Gasteiger partial charge in [-0.3, -0.25) is 9.78 Å². The first-order valence-corrected chi connectivity index (χ1v) is 10.6. The van der Waals surface area contributed by atoms with Crippen molar-refractivity contribution in [2.24, 2.45) is 0 Å². The highest BCUT2D eigenvalue weighted by molar-refractivity contribution is 9.09. The molecule has 0 bridgehead atoms. The molecule has 2 N–H and O–H groups in total. The summed E-state index contributed by atoms with van der Waals surface area (Å²) in [5, 5.41) is 7.67. The van der Waals surface area contributed by atoms with Crippen LogP contribution >= 0.6 is 15.9 Å². The van der Waals surface area contributed by atoms with E-state index < -0.39 is 18.2 Å². The highest BCUT2D eigenvalue weighted by atomic mass is 79.9.